The maximum absolute atomic E-state index is 14.2. The molecule has 8 nitrogen and oxygen atoms in total. The number of nitrogens with one attached hydrogen (secondary N) is 1. The molecule has 3 atom stereocenters. The van der Waals surface area contributed by atoms with Crippen LogP contribution in [0.3, 0.4) is 0 Å². The molecular weight excluding hydrogens is 528 g/mol. The molecule has 3 aromatic rings. The van der Waals surface area contributed by atoms with Crippen LogP contribution in [-0.4, -0.2) is 77.0 Å². The quantitative estimate of drug-likeness (QED) is 0.271. The number of benzene rings is 3. The van der Waals surface area contributed by atoms with Crippen molar-refractivity contribution in [1.29, 1.82) is 0 Å². The summed E-state index contributed by atoms with van der Waals surface area (Å²) in [6.45, 7) is 5.40. The zero-order chi connectivity index (χ0) is 30.9. The molecule has 0 aliphatic heterocycles. The van der Waals surface area contributed by atoms with E-state index in [0.717, 1.165) is 21.9 Å². The first-order valence-corrected chi connectivity index (χ1v) is 14.3. The Bertz CT molecular complexity index is 1380. The summed E-state index contributed by atoms with van der Waals surface area (Å²) in [5.74, 6) is -1.07. The Hall–Kier alpha value is -4.01. The van der Waals surface area contributed by atoms with Crippen molar-refractivity contribution in [3.05, 3.63) is 96.1 Å². The largest absolute Gasteiger partial charge is 0.392 e. The van der Waals surface area contributed by atoms with Crippen molar-refractivity contribution in [3.63, 3.8) is 0 Å². The third kappa shape index (κ3) is 9.53. The molecule has 1 unspecified atom stereocenters. The predicted octanol–water partition coefficient (Wildman–Crippen LogP) is 3.46. The van der Waals surface area contributed by atoms with Gasteiger partial charge in [0.25, 0.3) is 0 Å². The number of hydrogen-bond donors (Lipinski definition) is 3. The summed E-state index contributed by atoms with van der Waals surface area (Å²) in [4.78, 5) is 43.7. The van der Waals surface area contributed by atoms with Gasteiger partial charge in [0, 0.05) is 39.0 Å². The summed E-state index contributed by atoms with van der Waals surface area (Å²) in [6.07, 6.45) is 3.48. The van der Waals surface area contributed by atoms with Crippen LogP contribution in [0, 0.1) is 0 Å². The number of aliphatic hydroxyl groups is 1. The maximum atomic E-state index is 14.2. The van der Waals surface area contributed by atoms with Crippen molar-refractivity contribution in [2.24, 2.45) is 5.73 Å². The minimum absolute atomic E-state index is 0.0628. The number of rotatable bonds is 13. The van der Waals surface area contributed by atoms with Crippen LogP contribution in [-0.2, 0) is 27.2 Å². The summed E-state index contributed by atoms with van der Waals surface area (Å²) in [7, 11) is 3.20. The second kappa shape index (κ2) is 14.8. The van der Waals surface area contributed by atoms with E-state index in [1.807, 2.05) is 86.6 Å². The third-order valence-electron chi connectivity index (χ3n) is 7.21. The number of aliphatic hydroxyl groups excluding tert-OH is 1. The molecule has 0 heterocycles. The minimum atomic E-state index is -0.873. The lowest BCUT2D eigenvalue weighted by molar-refractivity contribution is -0.146. The molecule has 8 heteroatoms. The Morgan fingerprint density at radius 3 is 2.14 bits per heavy atom. The lowest BCUT2D eigenvalue weighted by Crippen LogP contribution is -2.56. The van der Waals surface area contributed by atoms with Gasteiger partial charge in [0.2, 0.25) is 17.7 Å². The molecule has 0 fully saturated rings. The fraction of sp³-hybridized carbons (Fsp3) is 0.382. The van der Waals surface area contributed by atoms with Gasteiger partial charge in [-0.15, -0.1) is 0 Å². The smallest absolute Gasteiger partial charge is 0.246 e. The Balaban J connectivity index is 1.95. The molecule has 0 saturated carbocycles. The Morgan fingerprint density at radius 1 is 0.881 bits per heavy atom. The third-order valence-corrected chi connectivity index (χ3v) is 7.21. The molecule has 0 bridgehead atoms. The van der Waals surface area contributed by atoms with E-state index < -0.39 is 23.7 Å². The molecule has 42 heavy (non-hydrogen) atoms. The van der Waals surface area contributed by atoms with Gasteiger partial charge >= 0.3 is 0 Å². The summed E-state index contributed by atoms with van der Waals surface area (Å²) >= 11 is 0. The normalized spacial score (nSPS) is 13.9. The number of carbonyl (C=O) groups excluding carboxylic acids is 3. The number of likely N-dealkylation sites (N-methyl/N-ethyl adjacent to an activating group) is 2. The van der Waals surface area contributed by atoms with E-state index in [1.165, 1.54) is 15.9 Å². The monoisotopic (exact) mass is 572 g/mol. The van der Waals surface area contributed by atoms with Gasteiger partial charge in [-0.2, -0.15) is 0 Å². The second-order valence-electron chi connectivity index (χ2n) is 11.7. The molecule has 224 valence electrons. The lowest BCUT2D eigenvalue weighted by atomic mass is 9.98. The number of fused-ring (bicyclic) bond motifs is 1. The van der Waals surface area contributed by atoms with Crippen molar-refractivity contribution in [3.8, 4) is 0 Å². The molecular formula is C34H44N4O4. The van der Waals surface area contributed by atoms with Gasteiger partial charge in [-0.3, -0.25) is 14.4 Å². The van der Waals surface area contributed by atoms with Gasteiger partial charge in [-0.05, 0) is 55.2 Å². The van der Waals surface area contributed by atoms with Crippen LogP contribution in [0.5, 0.6) is 0 Å². The standard InChI is InChI=1S/C34H44N4O4/c1-24(39)23-36-32(41)29(21-25-12-7-6-8-13-25)38(5)33(42)30(37(4)31(40)16-11-19-34(2,3)35)22-26-17-18-27-14-9-10-15-28(27)20-26/h6-18,20,24,29-30,39H,19,21-23,35H2,1-5H3,(H,36,41)/b16-11+/t24?,29-,30-/m1/s1. The van der Waals surface area contributed by atoms with Crippen LogP contribution in [0.4, 0.5) is 0 Å². The highest BCUT2D eigenvalue weighted by Gasteiger charge is 2.35. The highest BCUT2D eigenvalue weighted by Crippen LogP contribution is 2.20. The number of nitrogens with two attached hydrogens (primary N) is 1. The highest BCUT2D eigenvalue weighted by atomic mass is 16.3. The first kappa shape index (κ1) is 32.5. The van der Waals surface area contributed by atoms with Crippen molar-refractivity contribution < 1.29 is 19.5 Å². The van der Waals surface area contributed by atoms with Gasteiger partial charge < -0.3 is 26.0 Å². The van der Waals surface area contributed by atoms with Crippen LogP contribution >= 0.6 is 0 Å². The van der Waals surface area contributed by atoms with E-state index in [-0.39, 0.29) is 37.1 Å². The Labute approximate surface area is 249 Å². The molecule has 3 rings (SSSR count). The predicted molar refractivity (Wildman–Crippen MR) is 168 cm³/mol. The van der Waals surface area contributed by atoms with E-state index in [4.69, 9.17) is 5.73 Å². The number of carbonyl (C=O) groups is 3. The molecule has 4 N–H and O–H groups in total. The zero-order valence-corrected chi connectivity index (χ0v) is 25.3. The topological polar surface area (TPSA) is 116 Å². The van der Waals surface area contributed by atoms with E-state index >= 15 is 0 Å². The van der Waals surface area contributed by atoms with Crippen molar-refractivity contribution >= 4 is 28.5 Å². The molecule has 0 radical (unpaired) electrons. The first-order chi connectivity index (χ1) is 19.9. The summed E-state index contributed by atoms with van der Waals surface area (Å²) in [6, 6.07) is 21.7. The van der Waals surface area contributed by atoms with Crippen LogP contribution < -0.4 is 11.1 Å². The van der Waals surface area contributed by atoms with E-state index in [2.05, 4.69) is 5.32 Å². The first-order valence-electron chi connectivity index (χ1n) is 14.3. The minimum Gasteiger partial charge on any atom is -0.392 e. The van der Waals surface area contributed by atoms with Crippen LogP contribution in [0.2, 0.25) is 0 Å². The maximum Gasteiger partial charge on any atom is 0.246 e. The summed E-state index contributed by atoms with van der Waals surface area (Å²) in [5, 5.41) is 14.6. The highest BCUT2D eigenvalue weighted by molar-refractivity contribution is 5.95. The van der Waals surface area contributed by atoms with E-state index in [9.17, 15) is 19.5 Å². The molecule has 3 amide bonds. The van der Waals surface area contributed by atoms with E-state index in [0.29, 0.717) is 6.42 Å². The molecule has 0 saturated heterocycles. The second-order valence-corrected chi connectivity index (χ2v) is 11.7. The van der Waals surface area contributed by atoms with Gasteiger partial charge in [0.15, 0.2) is 0 Å². The zero-order valence-electron chi connectivity index (χ0n) is 25.3. The molecule has 3 aromatic carbocycles. The molecule has 0 spiro atoms. The number of amides is 3. The number of hydrogen-bond acceptors (Lipinski definition) is 5. The van der Waals surface area contributed by atoms with Crippen LogP contribution in [0.15, 0.2) is 84.9 Å². The van der Waals surface area contributed by atoms with Gasteiger partial charge in [-0.1, -0.05) is 78.9 Å². The Kier molecular flexibility index (Phi) is 11.4. The summed E-state index contributed by atoms with van der Waals surface area (Å²) < 4.78 is 0. The summed E-state index contributed by atoms with van der Waals surface area (Å²) in [5.41, 5.74) is 7.38. The average Bonchev–Trinajstić information content (AvgIpc) is 2.96. The SMILES string of the molecule is CC(O)CNC(=O)[C@@H](Cc1ccccc1)N(C)C(=O)[C@@H](Cc1ccc2ccccc2c1)N(C)C(=O)/C=C/CC(C)(C)N. The van der Waals surface area contributed by atoms with Crippen molar-refractivity contribution in [2.45, 2.75) is 63.8 Å². The molecule has 0 aliphatic rings. The van der Waals surface area contributed by atoms with Gasteiger partial charge in [-0.25, -0.2) is 0 Å². The number of nitrogens with zero attached hydrogens (tertiary/aromatic N) is 2. The lowest BCUT2D eigenvalue weighted by Gasteiger charge is -2.34. The van der Waals surface area contributed by atoms with Crippen LogP contribution in [0.25, 0.3) is 10.8 Å². The van der Waals surface area contributed by atoms with Crippen molar-refractivity contribution in [2.75, 3.05) is 20.6 Å². The molecule has 0 aromatic heterocycles. The van der Waals surface area contributed by atoms with Crippen molar-refractivity contribution in [1.82, 2.24) is 15.1 Å². The van der Waals surface area contributed by atoms with E-state index in [1.54, 1.807) is 27.1 Å². The van der Waals surface area contributed by atoms with Gasteiger partial charge in [0.05, 0.1) is 6.10 Å². The average molecular weight is 573 g/mol. The fourth-order valence-corrected chi connectivity index (χ4v) is 4.71. The van der Waals surface area contributed by atoms with Crippen LogP contribution in [0.1, 0.15) is 38.3 Å². The van der Waals surface area contributed by atoms with Gasteiger partial charge in [0.1, 0.15) is 12.1 Å². The molecule has 0 aliphatic carbocycles. The fourth-order valence-electron chi connectivity index (χ4n) is 4.71. The Morgan fingerprint density at radius 2 is 1.50 bits per heavy atom.